The van der Waals surface area contributed by atoms with Crippen molar-refractivity contribution in [2.75, 3.05) is 6.61 Å². The molecule has 0 bridgehead atoms. The van der Waals surface area contributed by atoms with Gasteiger partial charge in [-0.25, -0.2) is 9.78 Å². The lowest BCUT2D eigenvalue weighted by molar-refractivity contribution is 0.0702. The van der Waals surface area contributed by atoms with Gasteiger partial charge < -0.3 is 9.84 Å². The number of carbonyl (C=O) groups is 1. The zero-order chi connectivity index (χ0) is 9.84. The molecular formula is C8H11NO3S. The lowest BCUT2D eigenvalue weighted by atomic mass is 10.4. The maximum Gasteiger partial charge on any atom is 0.347 e. The molecule has 0 aliphatic carbocycles. The van der Waals surface area contributed by atoms with E-state index in [1.165, 1.54) is 6.20 Å². The molecule has 1 aromatic rings. The maximum atomic E-state index is 10.5. The Morgan fingerprint density at radius 3 is 3.00 bits per heavy atom. The summed E-state index contributed by atoms with van der Waals surface area (Å²) in [5, 5.41) is 9.35. The number of carboxylic acids is 1. The van der Waals surface area contributed by atoms with E-state index < -0.39 is 5.97 Å². The Hall–Kier alpha value is -0.940. The number of carboxylic acid groups (broad SMARTS) is 1. The molecule has 1 heterocycles. The molecule has 72 valence electrons. The molecule has 1 aromatic heterocycles. The molecule has 0 saturated carbocycles. The van der Waals surface area contributed by atoms with E-state index in [0.29, 0.717) is 11.6 Å². The molecule has 0 radical (unpaired) electrons. The topological polar surface area (TPSA) is 59.4 Å². The molecule has 0 saturated heterocycles. The minimum atomic E-state index is -0.938. The van der Waals surface area contributed by atoms with Crippen molar-refractivity contribution in [1.82, 2.24) is 4.98 Å². The summed E-state index contributed by atoms with van der Waals surface area (Å²) in [4.78, 5) is 14.7. The van der Waals surface area contributed by atoms with Gasteiger partial charge in [-0.1, -0.05) is 0 Å². The average Bonchev–Trinajstić information content (AvgIpc) is 2.52. The summed E-state index contributed by atoms with van der Waals surface area (Å²) in [5.41, 5.74) is 0. The lowest BCUT2D eigenvalue weighted by Gasteiger charge is -2.06. The number of ether oxygens (including phenoxy) is 1. The molecule has 0 aromatic carbocycles. The van der Waals surface area contributed by atoms with Crippen LogP contribution in [-0.4, -0.2) is 22.7 Å². The van der Waals surface area contributed by atoms with E-state index in [-0.39, 0.29) is 11.0 Å². The molecule has 0 aliphatic heterocycles. The summed E-state index contributed by atoms with van der Waals surface area (Å²) in [6.45, 7) is 4.35. The zero-order valence-electron chi connectivity index (χ0n) is 7.48. The van der Waals surface area contributed by atoms with Gasteiger partial charge in [-0.15, -0.1) is 11.3 Å². The van der Waals surface area contributed by atoms with Crippen LogP contribution >= 0.6 is 11.3 Å². The first-order valence-corrected chi connectivity index (χ1v) is 4.77. The standard InChI is InChI=1S/C8H11NO3S/c1-3-12-5(2)7-9-4-6(13-7)8(10)11/h4-5H,3H2,1-2H3,(H,10,11)/t5-/m1/s1. The SMILES string of the molecule is CCO[C@H](C)c1ncc(C(=O)O)s1. The number of rotatable bonds is 4. The van der Waals surface area contributed by atoms with E-state index >= 15 is 0 Å². The van der Waals surface area contributed by atoms with Gasteiger partial charge in [-0.2, -0.15) is 0 Å². The molecule has 1 rings (SSSR count). The molecule has 0 aliphatic rings. The Kier molecular flexibility index (Phi) is 3.39. The van der Waals surface area contributed by atoms with Gasteiger partial charge in [0.05, 0.1) is 6.20 Å². The number of hydrogen-bond acceptors (Lipinski definition) is 4. The lowest BCUT2D eigenvalue weighted by Crippen LogP contribution is -1.97. The molecule has 4 nitrogen and oxygen atoms in total. The van der Waals surface area contributed by atoms with Crippen molar-refractivity contribution in [1.29, 1.82) is 0 Å². The van der Waals surface area contributed by atoms with Gasteiger partial charge >= 0.3 is 5.97 Å². The zero-order valence-corrected chi connectivity index (χ0v) is 8.30. The van der Waals surface area contributed by atoms with Gasteiger partial charge in [0.2, 0.25) is 0 Å². The van der Waals surface area contributed by atoms with E-state index in [1.807, 2.05) is 13.8 Å². The quantitative estimate of drug-likeness (QED) is 0.808. The van der Waals surface area contributed by atoms with Crippen LogP contribution in [0, 0.1) is 0 Å². The molecule has 0 amide bonds. The van der Waals surface area contributed by atoms with Gasteiger partial charge in [0, 0.05) is 6.61 Å². The maximum absolute atomic E-state index is 10.5. The second kappa shape index (κ2) is 4.34. The van der Waals surface area contributed by atoms with Crippen LogP contribution in [0.1, 0.15) is 34.6 Å². The first kappa shape index (κ1) is 10.1. The van der Waals surface area contributed by atoms with Gasteiger partial charge in [0.15, 0.2) is 0 Å². The highest BCUT2D eigenvalue weighted by molar-refractivity contribution is 7.13. The minimum Gasteiger partial charge on any atom is -0.477 e. The predicted molar refractivity (Wildman–Crippen MR) is 49.1 cm³/mol. The average molecular weight is 201 g/mol. The van der Waals surface area contributed by atoms with Gasteiger partial charge in [-0.05, 0) is 13.8 Å². The summed E-state index contributed by atoms with van der Waals surface area (Å²) in [7, 11) is 0. The van der Waals surface area contributed by atoms with E-state index in [2.05, 4.69) is 4.98 Å². The van der Waals surface area contributed by atoms with Crippen molar-refractivity contribution < 1.29 is 14.6 Å². The first-order valence-electron chi connectivity index (χ1n) is 3.95. The van der Waals surface area contributed by atoms with Gasteiger partial charge in [0.1, 0.15) is 16.0 Å². The second-order valence-electron chi connectivity index (χ2n) is 2.47. The molecule has 0 fully saturated rings. The third-order valence-electron chi connectivity index (χ3n) is 1.50. The Balaban J connectivity index is 2.73. The molecule has 5 heteroatoms. The Morgan fingerprint density at radius 2 is 2.54 bits per heavy atom. The number of hydrogen-bond donors (Lipinski definition) is 1. The van der Waals surface area contributed by atoms with E-state index in [0.717, 1.165) is 11.3 Å². The van der Waals surface area contributed by atoms with Crippen LogP contribution in [0.2, 0.25) is 0 Å². The summed E-state index contributed by atoms with van der Waals surface area (Å²) < 4.78 is 5.28. The number of aromatic nitrogens is 1. The first-order chi connectivity index (χ1) is 6.15. The summed E-state index contributed by atoms with van der Waals surface area (Å²) in [6, 6.07) is 0. The Morgan fingerprint density at radius 1 is 1.85 bits per heavy atom. The van der Waals surface area contributed by atoms with Crippen molar-refractivity contribution in [3.8, 4) is 0 Å². The summed E-state index contributed by atoms with van der Waals surface area (Å²) in [6.07, 6.45) is 1.24. The smallest absolute Gasteiger partial charge is 0.347 e. The highest BCUT2D eigenvalue weighted by Crippen LogP contribution is 2.22. The fourth-order valence-corrected chi connectivity index (χ4v) is 1.65. The molecule has 1 N–H and O–H groups in total. The van der Waals surface area contributed by atoms with Crippen LogP contribution in [-0.2, 0) is 4.74 Å². The third-order valence-corrected chi connectivity index (χ3v) is 2.65. The largest absolute Gasteiger partial charge is 0.477 e. The monoisotopic (exact) mass is 201 g/mol. The van der Waals surface area contributed by atoms with Crippen LogP contribution in [0.3, 0.4) is 0 Å². The van der Waals surface area contributed by atoms with Crippen LogP contribution < -0.4 is 0 Å². The van der Waals surface area contributed by atoms with Crippen molar-refractivity contribution in [3.05, 3.63) is 16.1 Å². The minimum absolute atomic E-state index is 0.122. The van der Waals surface area contributed by atoms with E-state index in [1.54, 1.807) is 0 Å². The molecule has 1 atom stereocenters. The third kappa shape index (κ3) is 2.50. The Bertz CT molecular complexity index is 297. The van der Waals surface area contributed by atoms with Crippen molar-refractivity contribution in [3.63, 3.8) is 0 Å². The van der Waals surface area contributed by atoms with Crippen molar-refractivity contribution in [2.45, 2.75) is 20.0 Å². The highest BCUT2D eigenvalue weighted by atomic mass is 32.1. The van der Waals surface area contributed by atoms with Crippen LogP contribution in [0.5, 0.6) is 0 Å². The number of thiazole rings is 1. The fourth-order valence-electron chi connectivity index (χ4n) is 0.896. The van der Waals surface area contributed by atoms with Crippen LogP contribution in [0.15, 0.2) is 6.20 Å². The molecule has 0 spiro atoms. The number of nitrogens with zero attached hydrogens (tertiary/aromatic N) is 1. The normalized spacial score (nSPS) is 12.8. The fraction of sp³-hybridized carbons (Fsp3) is 0.500. The van der Waals surface area contributed by atoms with Gasteiger partial charge in [-0.3, -0.25) is 0 Å². The number of aromatic carboxylic acids is 1. The van der Waals surface area contributed by atoms with E-state index in [4.69, 9.17) is 9.84 Å². The second-order valence-corrected chi connectivity index (χ2v) is 3.53. The van der Waals surface area contributed by atoms with Gasteiger partial charge in [0.25, 0.3) is 0 Å². The van der Waals surface area contributed by atoms with Crippen molar-refractivity contribution >= 4 is 17.3 Å². The van der Waals surface area contributed by atoms with Crippen LogP contribution in [0.4, 0.5) is 0 Å². The summed E-state index contributed by atoms with van der Waals surface area (Å²) >= 11 is 1.15. The molecule has 13 heavy (non-hydrogen) atoms. The molecule has 0 unspecified atom stereocenters. The predicted octanol–water partition coefficient (Wildman–Crippen LogP) is 1.94. The molecular weight excluding hydrogens is 190 g/mol. The Labute approximate surface area is 80.2 Å². The highest BCUT2D eigenvalue weighted by Gasteiger charge is 2.13. The van der Waals surface area contributed by atoms with Crippen LogP contribution in [0.25, 0.3) is 0 Å². The van der Waals surface area contributed by atoms with E-state index in [9.17, 15) is 4.79 Å². The summed E-state index contributed by atoms with van der Waals surface area (Å²) in [5.74, 6) is -0.938. The van der Waals surface area contributed by atoms with Crippen molar-refractivity contribution in [2.24, 2.45) is 0 Å².